The van der Waals surface area contributed by atoms with E-state index in [2.05, 4.69) is 35.6 Å². The quantitative estimate of drug-likeness (QED) is 0.748. The first-order valence-electron chi connectivity index (χ1n) is 9.47. The molecule has 0 aromatic heterocycles. The summed E-state index contributed by atoms with van der Waals surface area (Å²) in [4.78, 5) is 14.4. The van der Waals surface area contributed by atoms with Gasteiger partial charge in [-0.05, 0) is 61.4 Å². The van der Waals surface area contributed by atoms with Crippen LogP contribution < -0.4 is 5.32 Å². The molecule has 138 valence electrons. The molecule has 2 aromatic carbocycles. The fourth-order valence-corrected chi connectivity index (χ4v) is 3.65. The number of benzene rings is 2. The molecule has 0 radical (unpaired) electrons. The fraction of sp³-hybridized carbons (Fsp3) is 0.409. The first-order chi connectivity index (χ1) is 12.7. The van der Waals surface area contributed by atoms with Crippen molar-refractivity contribution in [2.45, 2.75) is 25.7 Å². The van der Waals surface area contributed by atoms with Crippen molar-refractivity contribution in [1.82, 2.24) is 10.2 Å². The van der Waals surface area contributed by atoms with Gasteiger partial charge in [0.1, 0.15) is 0 Å². The minimum atomic E-state index is 0.222. The lowest BCUT2D eigenvalue weighted by molar-refractivity contribution is -0.131. The Labute approximate surface area is 161 Å². The number of hydrogen-bond donors (Lipinski definition) is 1. The number of halogens is 1. The van der Waals surface area contributed by atoms with Crippen molar-refractivity contribution in [1.29, 1.82) is 0 Å². The van der Waals surface area contributed by atoms with Gasteiger partial charge >= 0.3 is 0 Å². The van der Waals surface area contributed by atoms with E-state index in [1.54, 1.807) is 0 Å². The van der Waals surface area contributed by atoms with E-state index in [4.69, 9.17) is 11.6 Å². The van der Waals surface area contributed by atoms with Crippen LogP contribution in [0.5, 0.6) is 0 Å². The van der Waals surface area contributed by atoms with E-state index >= 15 is 0 Å². The van der Waals surface area contributed by atoms with Gasteiger partial charge in [0, 0.05) is 18.1 Å². The number of hydrogen-bond acceptors (Lipinski definition) is 2. The smallest absolute Gasteiger partial charge is 0.236 e. The van der Waals surface area contributed by atoms with Gasteiger partial charge in [-0.25, -0.2) is 0 Å². The van der Waals surface area contributed by atoms with E-state index in [1.165, 1.54) is 11.1 Å². The average Bonchev–Trinajstić information content (AvgIpc) is 2.68. The van der Waals surface area contributed by atoms with Crippen LogP contribution in [0.4, 0.5) is 0 Å². The molecule has 2 aromatic rings. The third-order valence-electron chi connectivity index (χ3n) is 5.11. The summed E-state index contributed by atoms with van der Waals surface area (Å²) in [7, 11) is 0. The molecule has 0 saturated carbocycles. The number of likely N-dealkylation sites (tertiary alicyclic amines) is 1. The standard InChI is InChI=1S/C22H27ClN2O/c23-21-8-6-18(7-9-21)10-13-24-17-22(26)25-14-11-20(12-15-25)16-19-4-2-1-3-5-19/h1-9,20,24H,10-17H2. The fourth-order valence-electron chi connectivity index (χ4n) is 3.52. The normalized spacial score (nSPS) is 15.2. The Balaban J connectivity index is 1.32. The zero-order chi connectivity index (χ0) is 18.2. The topological polar surface area (TPSA) is 32.3 Å². The summed E-state index contributed by atoms with van der Waals surface area (Å²) >= 11 is 5.89. The Kier molecular flexibility index (Phi) is 7.10. The van der Waals surface area contributed by atoms with Gasteiger partial charge in [0.2, 0.25) is 5.91 Å². The van der Waals surface area contributed by atoms with E-state index in [1.807, 2.05) is 29.2 Å². The number of piperidine rings is 1. The molecule has 1 aliphatic heterocycles. The van der Waals surface area contributed by atoms with Crippen LogP contribution in [-0.4, -0.2) is 37.0 Å². The van der Waals surface area contributed by atoms with Crippen molar-refractivity contribution in [3.05, 3.63) is 70.7 Å². The number of rotatable bonds is 7. The summed E-state index contributed by atoms with van der Waals surface area (Å²) in [5.41, 5.74) is 2.64. The monoisotopic (exact) mass is 370 g/mol. The second-order valence-corrected chi connectivity index (χ2v) is 7.50. The molecule has 0 bridgehead atoms. The van der Waals surface area contributed by atoms with Crippen molar-refractivity contribution in [3.8, 4) is 0 Å². The van der Waals surface area contributed by atoms with Crippen LogP contribution in [-0.2, 0) is 17.6 Å². The second kappa shape index (κ2) is 9.75. The number of carbonyl (C=O) groups is 1. The average molecular weight is 371 g/mol. The Morgan fingerprint density at radius 1 is 1.00 bits per heavy atom. The molecule has 0 unspecified atom stereocenters. The number of carbonyl (C=O) groups excluding carboxylic acids is 1. The van der Waals surface area contributed by atoms with Crippen molar-refractivity contribution in [2.75, 3.05) is 26.2 Å². The zero-order valence-electron chi connectivity index (χ0n) is 15.2. The lowest BCUT2D eigenvalue weighted by atomic mass is 9.90. The van der Waals surface area contributed by atoms with E-state index in [-0.39, 0.29) is 5.91 Å². The predicted octanol–water partition coefficient (Wildman–Crippen LogP) is 3.95. The van der Waals surface area contributed by atoms with Crippen molar-refractivity contribution in [2.24, 2.45) is 5.92 Å². The maximum absolute atomic E-state index is 12.4. The van der Waals surface area contributed by atoms with Crippen LogP contribution in [0.3, 0.4) is 0 Å². The van der Waals surface area contributed by atoms with Gasteiger partial charge in [-0.3, -0.25) is 4.79 Å². The Morgan fingerprint density at radius 3 is 2.38 bits per heavy atom. The molecular formula is C22H27ClN2O. The van der Waals surface area contributed by atoms with Crippen molar-refractivity contribution >= 4 is 17.5 Å². The molecule has 1 amide bonds. The highest BCUT2D eigenvalue weighted by atomic mass is 35.5. The highest BCUT2D eigenvalue weighted by Crippen LogP contribution is 2.21. The van der Waals surface area contributed by atoms with E-state index in [9.17, 15) is 4.79 Å². The van der Waals surface area contributed by atoms with Gasteiger partial charge in [-0.1, -0.05) is 54.1 Å². The number of nitrogens with one attached hydrogen (secondary N) is 1. The molecule has 0 spiro atoms. The van der Waals surface area contributed by atoms with Gasteiger partial charge in [-0.2, -0.15) is 0 Å². The molecule has 0 atom stereocenters. The number of nitrogens with zero attached hydrogens (tertiary/aromatic N) is 1. The molecule has 1 saturated heterocycles. The van der Waals surface area contributed by atoms with E-state index < -0.39 is 0 Å². The maximum atomic E-state index is 12.4. The van der Waals surface area contributed by atoms with Gasteiger partial charge in [0.25, 0.3) is 0 Å². The summed E-state index contributed by atoms with van der Waals surface area (Å²) in [6.45, 7) is 3.00. The van der Waals surface area contributed by atoms with Crippen LogP contribution in [0, 0.1) is 5.92 Å². The Morgan fingerprint density at radius 2 is 1.69 bits per heavy atom. The Hall–Kier alpha value is -1.84. The summed E-state index contributed by atoms with van der Waals surface area (Å²) in [5, 5.41) is 4.03. The largest absolute Gasteiger partial charge is 0.342 e. The zero-order valence-corrected chi connectivity index (χ0v) is 15.9. The highest BCUT2D eigenvalue weighted by molar-refractivity contribution is 6.30. The summed E-state index contributed by atoms with van der Waals surface area (Å²) in [5.74, 6) is 0.915. The lowest BCUT2D eigenvalue weighted by Crippen LogP contribution is -2.43. The molecule has 1 heterocycles. The molecule has 1 aliphatic rings. The molecule has 1 N–H and O–H groups in total. The summed E-state index contributed by atoms with van der Waals surface area (Å²) in [6.07, 6.45) is 4.24. The molecule has 0 aliphatic carbocycles. The molecule has 26 heavy (non-hydrogen) atoms. The van der Waals surface area contributed by atoms with E-state index in [0.29, 0.717) is 12.5 Å². The maximum Gasteiger partial charge on any atom is 0.236 e. The van der Waals surface area contributed by atoms with Gasteiger partial charge in [0.15, 0.2) is 0 Å². The second-order valence-electron chi connectivity index (χ2n) is 7.07. The third-order valence-corrected chi connectivity index (χ3v) is 5.37. The van der Waals surface area contributed by atoms with Crippen molar-refractivity contribution < 1.29 is 4.79 Å². The van der Waals surface area contributed by atoms with Crippen LogP contribution in [0.25, 0.3) is 0 Å². The van der Waals surface area contributed by atoms with Crippen molar-refractivity contribution in [3.63, 3.8) is 0 Å². The van der Waals surface area contributed by atoms with Crippen LogP contribution in [0.15, 0.2) is 54.6 Å². The summed E-state index contributed by atoms with van der Waals surface area (Å²) < 4.78 is 0. The minimum absolute atomic E-state index is 0.222. The molecule has 3 rings (SSSR count). The predicted molar refractivity (Wildman–Crippen MR) is 107 cm³/mol. The molecule has 4 heteroatoms. The highest BCUT2D eigenvalue weighted by Gasteiger charge is 2.22. The molecule has 3 nitrogen and oxygen atoms in total. The van der Waals surface area contributed by atoms with Crippen LogP contribution >= 0.6 is 11.6 Å². The number of amides is 1. The van der Waals surface area contributed by atoms with Crippen LogP contribution in [0.1, 0.15) is 24.0 Å². The van der Waals surface area contributed by atoms with Gasteiger partial charge in [0.05, 0.1) is 6.54 Å². The summed E-state index contributed by atoms with van der Waals surface area (Å²) in [6, 6.07) is 18.5. The lowest BCUT2D eigenvalue weighted by Gasteiger charge is -2.32. The van der Waals surface area contributed by atoms with Gasteiger partial charge < -0.3 is 10.2 Å². The third kappa shape index (κ3) is 5.86. The first kappa shape index (κ1) is 18.9. The Bertz CT molecular complexity index is 679. The van der Waals surface area contributed by atoms with Crippen LogP contribution in [0.2, 0.25) is 5.02 Å². The molecular weight excluding hydrogens is 344 g/mol. The van der Waals surface area contributed by atoms with Gasteiger partial charge in [-0.15, -0.1) is 0 Å². The first-order valence-corrected chi connectivity index (χ1v) is 9.85. The van der Waals surface area contributed by atoms with E-state index in [0.717, 1.165) is 50.3 Å². The molecule has 1 fully saturated rings. The minimum Gasteiger partial charge on any atom is -0.342 e. The SMILES string of the molecule is O=C(CNCCc1ccc(Cl)cc1)N1CCC(Cc2ccccc2)CC1.